The predicted molar refractivity (Wildman–Crippen MR) is 102 cm³/mol. The molecule has 3 aromatic rings. The van der Waals surface area contributed by atoms with E-state index < -0.39 is 0 Å². The van der Waals surface area contributed by atoms with Crippen molar-refractivity contribution in [1.82, 2.24) is 15.2 Å². The standard InChI is InChI=1S/C17H16N4O4S2/c1-2-24-16(23)8-11-9-27-17(18-11)19-14(22)10-26-15-6-5-12(20-21-15)13-4-3-7-25-13/h3-7,9H,2,8,10H2,1H3,(H,18,19,22). The lowest BCUT2D eigenvalue weighted by atomic mass is 10.3. The Morgan fingerprint density at radius 1 is 1.30 bits per heavy atom. The maximum atomic E-state index is 12.1. The summed E-state index contributed by atoms with van der Waals surface area (Å²) in [6, 6.07) is 7.15. The van der Waals surface area contributed by atoms with Gasteiger partial charge in [-0.2, -0.15) is 0 Å². The van der Waals surface area contributed by atoms with Crippen molar-refractivity contribution in [3.63, 3.8) is 0 Å². The van der Waals surface area contributed by atoms with Crippen LogP contribution in [-0.2, 0) is 20.7 Å². The molecule has 10 heteroatoms. The molecule has 0 saturated heterocycles. The zero-order valence-corrected chi connectivity index (χ0v) is 16.0. The van der Waals surface area contributed by atoms with Crippen molar-refractivity contribution in [3.05, 3.63) is 41.6 Å². The minimum atomic E-state index is -0.340. The number of furan rings is 1. The largest absolute Gasteiger partial charge is 0.466 e. The number of carbonyl (C=O) groups excluding carboxylic acids is 2. The van der Waals surface area contributed by atoms with Crippen molar-refractivity contribution in [2.45, 2.75) is 18.4 Å². The fourth-order valence-corrected chi connectivity index (χ4v) is 3.39. The molecule has 3 aromatic heterocycles. The number of nitrogens with zero attached hydrogens (tertiary/aromatic N) is 3. The van der Waals surface area contributed by atoms with Gasteiger partial charge in [-0.1, -0.05) is 11.8 Å². The van der Waals surface area contributed by atoms with Crippen LogP contribution >= 0.6 is 23.1 Å². The number of amides is 1. The van der Waals surface area contributed by atoms with Crippen molar-refractivity contribution in [2.75, 3.05) is 17.7 Å². The number of esters is 1. The number of rotatable bonds is 8. The number of thioether (sulfide) groups is 1. The lowest BCUT2D eigenvalue weighted by Gasteiger charge is -2.02. The molecule has 0 unspecified atom stereocenters. The summed E-state index contributed by atoms with van der Waals surface area (Å²) in [4.78, 5) is 27.7. The monoisotopic (exact) mass is 404 g/mol. The molecule has 140 valence electrons. The Labute approximate surface area is 163 Å². The molecule has 0 atom stereocenters. The number of anilines is 1. The molecule has 27 heavy (non-hydrogen) atoms. The van der Waals surface area contributed by atoms with Gasteiger partial charge in [0.25, 0.3) is 0 Å². The molecule has 3 rings (SSSR count). The Bertz CT molecular complexity index is 894. The first-order chi connectivity index (χ1) is 13.1. The molecule has 0 saturated carbocycles. The van der Waals surface area contributed by atoms with Gasteiger partial charge in [-0.15, -0.1) is 21.5 Å². The number of hydrogen-bond donors (Lipinski definition) is 1. The summed E-state index contributed by atoms with van der Waals surface area (Å²) < 4.78 is 10.1. The number of nitrogens with one attached hydrogen (secondary N) is 1. The van der Waals surface area contributed by atoms with Gasteiger partial charge in [0.1, 0.15) is 10.7 Å². The third-order valence-electron chi connectivity index (χ3n) is 3.19. The zero-order valence-electron chi connectivity index (χ0n) is 14.4. The summed E-state index contributed by atoms with van der Waals surface area (Å²) in [7, 11) is 0. The first-order valence-corrected chi connectivity index (χ1v) is 9.91. The molecule has 1 N–H and O–H groups in total. The van der Waals surface area contributed by atoms with Crippen LogP contribution in [-0.4, -0.2) is 39.4 Å². The summed E-state index contributed by atoms with van der Waals surface area (Å²) >= 11 is 2.53. The average molecular weight is 404 g/mol. The predicted octanol–water partition coefficient (Wildman–Crippen LogP) is 3.03. The van der Waals surface area contributed by atoms with Crippen molar-refractivity contribution in [1.29, 1.82) is 0 Å². The van der Waals surface area contributed by atoms with Crippen LogP contribution in [0.3, 0.4) is 0 Å². The van der Waals surface area contributed by atoms with E-state index >= 15 is 0 Å². The van der Waals surface area contributed by atoms with Crippen LogP contribution < -0.4 is 5.32 Å². The Hall–Kier alpha value is -2.72. The summed E-state index contributed by atoms with van der Waals surface area (Å²) in [5.74, 6) is 0.252. The molecular formula is C17H16N4O4S2. The second kappa shape index (κ2) is 9.28. The summed E-state index contributed by atoms with van der Waals surface area (Å²) in [6.07, 6.45) is 1.66. The molecule has 1 amide bonds. The van der Waals surface area contributed by atoms with Crippen molar-refractivity contribution in [2.24, 2.45) is 0 Å². The van der Waals surface area contributed by atoms with Crippen LogP contribution in [0.25, 0.3) is 11.5 Å². The van der Waals surface area contributed by atoms with Crippen LogP contribution in [0.5, 0.6) is 0 Å². The van der Waals surface area contributed by atoms with Crippen LogP contribution in [0.2, 0.25) is 0 Å². The number of carbonyl (C=O) groups is 2. The molecule has 3 heterocycles. The SMILES string of the molecule is CCOC(=O)Cc1csc(NC(=O)CSc2ccc(-c3ccco3)nn2)n1. The van der Waals surface area contributed by atoms with Crippen LogP contribution in [0, 0.1) is 0 Å². The van der Waals surface area contributed by atoms with Gasteiger partial charge in [-0.3, -0.25) is 9.59 Å². The van der Waals surface area contributed by atoms with E-state index in [-0.39, 0.29) is 24.1 Å². The molecule has 0 aliphatic heterocycles. The van der Waals surface area contributed by atoms with Crippen LogP contribution in [0.1, 0.15) is 12.6 Å². The molecule has 0 fully saturated rings. The summed E-state index contributed by atoms with van der Waals surface area (Å²) in [5, 5.41) is 13.7. The van der Waals surface area contributed by atoms with E-state index in [1.165, 1.54) is 23.1 Å². The van der Waals surface area contributed by atoms with Crippen molar-refractivity contribution < 1.29 is 18.7 Å². The highest BCUT2D eigenvalue weighted by molar-refractivity contribution is 7.99. The fraction of sp³-hybridized carbons (Fsp3) is 0.235. The number of hydrogen-bond acceptors (Lipinski definition) is 9. The first kappa shape index (κ1) is 19.1. The van der Waals surface area contributed by atoms with Crippen molar-refractivity contribution >= 4 is 40.1 Å². The molecule has 0 radical (unpaired) electrons. The van der Waals surface area contributed by atoms with E-state index in [4.69, 9.17) is 9.15 Å². The molecule has 0 aromatic carbocycles. The first-order valence-electron chi connectivity index (χ1n) is 8.04. The van der Waals surface area contributed by atoms with E-state index in [0.29, 0.717) is 33.9 Å². The van der Waals surface area contributed by atoms with Crippen LogP contribution in [0.4, 0.5) is 5.13 Å². The Kier molecular flexibility index (Phi) is 6.55. The van der Waals surface area contributed by atoms with Gasteiger partial charge >= 0.3 is 5.97 Å². The molecule has 8 nitrogen and oxygen atoms in total. The molecule has 0 bridgehead atoms. The number of thiazole rings is 1. The van der Waals surface area contributed by atoms with E-state index in [2.05, 4.69) is 20.5 Å². The lowest BCUT2D eigenvalue weighted by molar-refractivity contribution is -0.142. The van der Waals surface area contributed by atoms with Gasteiger partial charge in [0.05, 0.1) is 30.7 Å². The van der Waals surface area contributed by atoms with E-state index in [1.807, 2.05) is 0 Å². The highest BCUT2D eigenvalue weighted by atomic mass is 32.2. The second-order valence-electron chi connectivity index (χ2n) is 5.20. The number of ether oxygens (including phenoxy) is 1. The highest BCUT2D eigenvalue weighted by Gasteiger charge is 2.11. The van der Waals surface area contributed by atoms with Gasteiger partial charge in [-0.25, -0.2) is 4.98 Å². The minimum absolute atomic E-state index is 0.0898. The molecule has 0 spiro atoms. The van der Waals surface area contributed by atoms with Gasteiger partial charge in [0.2, 0.25) is 5.91 Å². The molecule has 0 aliphatic carbocycles. The molecule has 0 aliphatic rings. The van der Waals surface area contributed by atoms with Crippen molar-refractivity contribution in [3.8, 4) is 11.5 Å². The Balaban J connectivity index is 1.47. The van der Waals surface area contributed by atoms with Gasteiger partial charge in [-0.05, 0) is 31.2 Å². The fourth-order valence-electron chi connectivity index (χ4n) is 2.05. The average Bonchev–Trinajstić information content (AvgIpc) is 3.33. The maximum Gasteiger partial charge on any atom is 0.311 e. The van der Waals surface area contributed by atoms with Gasteiger partial charge in [0, 0.05) is 5.38 Å². The number of aromatic nitrogens is 3. The topological polar surface area (TPSA) is 107 Å². The second-order valence-corrected chi connectivity index (χ2v) is 7.05. The van der Waals surface area contributed by atoms with Gasteiger partial charge < -0.3 is 14.5 Å². The Morgan fingerprint density at radius 3 is 2.89 bits per heavy atom. The minimum Gasteiger partial charge on any atom is -0.466 e. The highest BCUT2D eigenvalue weighted by Crippen LogP contribution is 2.21. The lowest BCUT2D eigenvalue weighted by Crippen LogP contribution is -2.14. The molecular weight excluding hydrogens is 388 g/mol. The van der Waals surface area contributed by atoms with Gasteiger partial charge in [0.15, 0.2) is 10.9 Å². The van der Waals surface area contributed by atoms with E-state index in [0.717, 1.165) is 0 Å². The van der Waals surface area contributed by atoms with Crippen LogP contribution in [0.15, 0.2) is 45.4 Å². The third-order valence-corrected chi connectivity index (χ3v) is 4.92. The smallest absolute Gasteiger partial charge is 0.311 e. The van der Waals surface area contributed by atoms with E-state index in [1.54, 1.807) is 42.8 Å². The van der Waals surface area contributed by atoms with E-state index in [9.17, 15) is 9.59 Å². The zero-order chi connectivity index (χ0) is 19.1. The third kappa shape index (κ3) is 5.63. The normalized spacial score (nSPS) is 10.6. The quantitative estimate of drug-likeness (QED) is 0.451. The summed E-state index contributed by atoms with van der Waals surface area (Å²) in [5.41, 5.74) is 1.20. The summed E-state index contributed by atoms with van der Waals surface area (Å²) in [6.45, 7) is 2.08. The Morgan fingerprint density at radius 2 is 2.19 bits per heavy atom. The maximum absolute atomic E-state index is 12.1.